The Morgan fingerprint density at radius 2 is 2.21 bits per heavy atom. The number of halogens is 1. The molecule has 0 saturated carbocycles. The fourth-order valence-electron chi connectivity index (χ4n) is 1.19. The fourth-order valence-corrected chi connectivity index (χ4v) is 1.32. The van der Waals surface area contributed by atoms with Gasteiger partial charge in [0.15, 0.2) is 0 Å². The maximum Gasteiger partial charge on any atom is 0.0247 e. The third-order valence-electron chi connectivity index (χ3n) is 2.00. The quantitative estimate of drug-likeness (QED) is 0.403. The Morgan fingerprint density at radius 1 is 1.36 bits per heavy atom. The molecule has 0 aliphatic rings. The Bertz CT molecular complexity index is 331. The first-order valence-corrected chi connectivity index (χ1v) is 5.54. The van der Waals surface area contributed by atoms with Crippen LogP contribution in [0.2, 0.25) is 0 Å². The van der Waals surface area contributed by atoms with E-state index in [1.807, 2.05) is 6.07 Å². The summed E-state index contributed by atoms with van der Waals surface area (Å²) in [5.41, 5.74) is 2.45. The van der Waals surface area contributed by atoms with Crippen LogP contribution in [0.15, 0.2) is 24.3 Å². The van der Waals surface area contributed by atoms with E-state index in [0.29, 0.717) is 5.88 Å². The summed E-state index contributed by atoms with van der Waals surface area (Å²) in [7, 11) is 0. The lowest BCUT2D eigenvalue weighted by atomic mass is 10.1. The first-order chi connectivity index (χ1) is 6.86. The Labute approximate surface area is 91.3 Å². The minimum absolute atomic E-state index is 0.698. The molecule has 1 rings (SSSR count). The van der Waals surface area contributed by atoms with Crippen LogP contribution >= 0.6 is 11.6 Å². The topological polar surface area (TPSA) is 0 Å². The average Bonchev–Trinajstić information content (AvgIpc) is 2.25. The summed E-state index contributed by atoms with van der Waals surface area (Å²) in [4.78, 5) is 0. The van der Waals surface area contributed by atoms with Gasteiger partial charge in [-0.1, -0.05) is 30.9 Å². The fraction of sp³-hybridized carbons (Fsp3) is 0.385. The first kappa shape index (κ1) is 11.1. The largest absolute Gasteiger partial charge is 0.127 e. The Morgan fingerprint density at radius 3 is 2.93 bits per heavy atom. The lowest BCUT2D eigenvalue weighted by Crippen LogP contribution is -1.81. The van der Waals surface area contributed by atoms with Crippen LogP contribution in [0.5, 0.6) is 0 Å². The Kier molecular flexibility index (Phi) is 5.19. The number of aryl methyl sites for hydroxylation is 1. The summed E-state index contributed by atoms with van der Waals surface area (Å²) in [6.07, 6.45) is 2.93. The molecule has 0 fully saturated rings. The molecule has 0 aliphatic carbocycles. The van der Waals surface area contributed by atoms with Crippen LogP contribution in [0.4, 0.5) is 0 Å². The molecule has 0 aromatic heterocycles. The highest BCUT2D eigenvalue weighted by Crippen LogP contribution is 2.04. The predicted molar refractivity (Wildman–Crippen MR) is 62.7 cm³/mol. The van der Waals surface area contributed by atoms with Crippen molar-refractivity contribution in [2.75, 3.05) is 5.88 Å². The number of unbranched alkanes of at least 4 members (excludes halogenated alkanes) is 1. The van der Waals surface area contributed by atoms with Gasteiger partial charge in [-0.15, -0.1) is 11.6 Å². The molecule has 0 unspecified atom stereocenters. The number of rotatable bonds is 3. The van der Waals surface area contributed by atoms with Crippen LogP contribution < -0.4 is 0 Å². The zero-order valence-corrected chi connectivity index (χ0v) is 9.27. The first-order valence-electron chi connectivity index (χ1n) is 5.00. The summed E-state index contributed by atoms with van der Waals surface area (Å²) in [5, 5.41) is 0. The predicted octanol–water partition coefficient (Wildman–Crippen LogP) is 3.62. The maximum atomic E-state index is 5.56. The number of hydrogen-bond acceptors (Lipinski definition) is 0. The maximum absolute atomic E-state index is 5.56. The molecule has 74 valence electrons. The van der Waals surface area contributed by atoms with Gasteiger partial charge < -0.3 is 0 Å². The van der Waals surface area contributed by atoms with Crippen molar-refractivity contribution in [1.82, 2.24) is 0 Å². The van der Waals surface area contributed by atoms with Crippen LogP contribution in [-0.4, -0.2) is 5.88 Å². The second-order valence-corrected chi connectivity index (χ2v) is 3.53. The van der Waals surface area contributed by atoms with E-state index in [1.165, 1.54) is 5.56 Å². The molecule has 1 aromatic carbocycles. The molecule has 14 heavy (non-hydrogen) atoms. The lowest BCUT2D eigenvalue weighted by molar-refractivity contribution is 0.991. The van der Waals surface area contributed by atoms with E-state index >= 15 is 0 Å². The van der Waals surface area contributed by atoms with Gasteiger partial charge in [-0.2, -0.15) is 0 Å². The van der Waals surface area contributed by atoms with E-state index in [2.05, 4.69) is 37.0 Å². The van der Waals surface area contributed by atoms with E-state index in [4.69, 9.17) is 11.6 Å². The average molecular weight is 207 g/mol. The van der Waals surface area contributed by atoms with Crippen molar-refractivity contribution in [3.05, 3.63) is 35.4 Å². The van der Waals surface area contributed by atoms with Gasteiger partial charge in [0.1, 0.15) is 0 Å². The van der Waals surface area contributed by atoms with Crippen molar-refractivity contribution in [2.24, 2.45) is 0 Å². The summed E-state index contributed by atoms with van der Waals surface area (Å²) in [6, 6.07) is 8.38. The van der Waals surface area contributed by atoms with Gasteiger partial charge in [0, 0.05) is 17.9 Å². The van der Waals surface area contributed by atoms with Gasteiger partial charge in [-0.25, -0.2) is 0 Å². The normalized spacial score (nSPS) is 9.29. The van der Waals surface area contributed by atoms with Gasteiger partial charge in [0.2, 0.25) is 0 Å². The standard InChI is InChI=1S/C13H15Cl/c1-2-12-8-6-9-13(11-12)7-4-3-5-10-14/h6,8-9,11H,2-3,5,10H2,1H3. The van der Waals surface area contributed by atoms with Crippen LogP contribution in [-0.2, 0) is 6.42 Å². The van der Waals surface area contributed by atoms with Crippen LogP contribution in [0.25, 0.3) is 0 Å². The minimum atomic E-state index is 0.698. The molecular weight excluding hydrogens is 192 g/mol. The second-order valence-electron chi connectivity index (χ2n) is 3.15. The van der Waals surface area contributed by atoms with E-state index in [0.717, 1.165) is 24.8 Å². The van der Waals surface area contributed by atoms with Gasteiger partial charge in [-0.3, -0.25) is 0 Å². The highest BCUT2D eigenvalue weighted by atomic mass is 35.5. The molecule has 1 heteroatoms. The van der Waals surface area contributed by atoms with Gasteiger partial charge in [0.05, 0.1) is 0 Å². The third kappa shape index (κ3) is 3.85. The van der Waals surface area contributed by atoms with E-state index in [-0.39, 0.29) is 0 Å². The SMILES string of the molecule is CCc1cccc(C#CCCCCl)c1. The minimum Gasteiger partial charge on any atom is -0.127 e. The van der Waals surface area contributed by atoms with Crippen molar-refractivity contribution >= 4 is 11.6 Å². The molecule has 0 saturated heterocycles. The van der Waals surface area contributed by atoms with Crippen LogP contribution in [0.3, 0.4) is 0 Å². The molecule has 0 aliphatic heterocycles. The smallest absolute Gasteiger partial charge is 0.0247 e. The molecule has 0 radical (unpaired) electrons. The molecule has 0 atom stereocenters. The summed E-state index contributed by atoms with van der Waals surface area (Å²) in [5.74, 6) is 6.96. The lowest BCUT2D eigenvalue weighted by Gasteiger charge is -1.95. The molecular formula is C13H15Cl. The van der Waals surface area contributed by atoms with Gasteiger partial charge in [-0.05, 0) is 30.5 Å². The second kappa shape index (κ2) is 6.51. The zero-order valence-electron chi connectivity index (χ0n) is 8.52. The van der Waals surface area contributed by atoms with Gasteiger partial charge in [0.25, 0.3) is 0 Å². The van der Waals surface area contributed by atoms with Crippen molar-refractivity contribution < 1.29 is 0 Å². The van der Waals surface area contributed by atoms with Gasteiger partial charge >= 0.3 is 0 Å². The Balaban J connectivity index is 2.60. The highest BCUT2D eigenvalue weighted by Gasteiger charge is 1.89. The van der Waals surface area contributed by atoms with E-state index in [1.54, 1.807) is 0 Å². The zero-order chi connectivity index (χ0) is 10.2. The Hall–Kier alpha value is -0.930. The monoisotopic (exact) mass is 206 g/mol. The molecule has 0 spiro atoms. The van der Waals surface area contributed by atoms with E-state index in [9.17, 15) is 0 Å². The molecule has 0 nitrogen and oxygen atoms in total. The highest BCUT2D eigenvalue weighted by molar-refractivity contribution is 6.17. The van der Waals surface area contributed by atoms with Crippen molar-refractivity contribution in [3.63, 3.8) is 0 Å². The number of alkyl halides is 1. The van der Waals surface area contributed by atoms with E-state index < -0.39 is 0 Å². The summed E-state index contributed by atoms with van der Waals surface area (Å²) >= 11 is 5.56. The summed E-state index contributed by atoms with van der Waals surface area (Å²) in [6.45, 7) is 2.15. The molecule has 0 bridgehead atoms. The van der Waals surface area contributed by atoms with Crippen molar-refractivity contribution in [3.8, 4) is 11.8 Å². The molecule has 1 aromatic rings. The molecule has 0 N–H and O–H groups in total. The van der Waals surface area contributed by atoms with Crippen molar-refractivity contribution in [1.29, 1.82) is 0 Å². The number of hydrogen-bond donors (Lipinski definition) is 0. The molecule has 0 heterocycles. The number of benzene rings is 1. The molecule has 0 amide bonds. The summed E-state index contributed by atoms with van der Waals surface area (Å²) < 4.78 is 0. The van der Waals surface area contributed by atoms with Crippen LogP contribution in [0, 0.1) is 11.8 Å². The van der Waals surface area contributed by atoms with Crippen LogP contribution in [0.1, 0.15) is 30.9 Å². The third-order valence-corrected chi connectivity index (χ3v) is 2.27. The van der Waals surface area contributed by atoms with Crippen molar-refractivity contribution in [2.45, 2.75) is 26.2 Å².